The smallest absolute Gasteiger partial charge is 0.497 e. The molecule has 0 aliphatic rings. The first kappa shape index (κ1) is 23.1. The molecular weight excluding hydrogens is 386 g/mol. The van der Waals surface area contributed by atoms with Crippen LogP contribution in [0, 0.1) is 5.92 Å². The van der Waals surface area contributed by atoms with Gasteiger partial charge in [-0.1, -0.05) is 12.1 Å². The first-order chi connectivity index (χ1) is 14.1. The maximum absolute atomic E-state index is 12.9. The van der Waals surface area contributed by atoms with Gasteiger partial charge in [0.05, 0.1) is 20.1 Å². The van der Waals surface area contributed by atoms with Crippen molar-refractivity contribution in [1.29, 1.82) is 0 Å². The Labute approximate surface area is 177 Å². The van der Waals surface area contributed by atoms with Crippen molar-refractivity contribution in [2.75, 3.05) is 19.5 Å². The Balaban J connectivity index is 2.21. The van der Waals surface area contributed by atoms with Crippen LogP contribution < -0.4 is 14.8 Å². The van der Waals surface area contributed by atoms with Gasteiger partial charge in [-0.3, -0.25) is 4.79 Å². The maximum Gasteiger partial charge on any atom is 0.509 e. The highest BCUT2D eigenvalue weighted by molar-refractivity contribution is 5.93. The third kappa shape index (κ3) is 6.69. The zero-order valence-corrected chi connectivity index (χ0v) is 18.2. The average Bonchev–Trinajstić information content (AvgIpc) is 2.71. The van der Waals surface area contributed by atoms with Crippen LogP contribution in [0.4, 0.5) is 10.5 Å². The summed E-state index contributed by atoms with van der Waals surface area (Å²) in [6.07, 6.45) is -1.68. The van der Waals surface area contributed by atoms with Crippen molar-refractivity contribution in [3.8, 4) is 11.5 Å². The molecule has 2 aromatic carbocycles. The van der Waals surface area contributed by atoms with Crippen LogP contribution in [0.25, 0.3) is 0 Å². The summed E-state index contributed by atoms with van der Waals surface area (Å²) in [6.45, 7) is 6.93. The highest BCUT2D eigenvalue weighted by atomic mass is 16.7. The molecule has 0 fully saturated rings. The number of ether oxygens (including phenoxy) is 4. The third-order valence-corrected chi connectivity index (χ3v) is 4.28. The van der Waals surface area contributed by atoms with Gasteiger partial charge in [0.2, 0.25) is 5.91 Å². The van der Waals surface area contributed by atoms with Crippen LogP contribution in [-0.2, 0) is 14.3 Å². The van der Waals surface area contributed by atoms with Gasteiger partial charge in [-0.25, -0.2) is 4.79 Å². The minimum Gasteiger partial charge on any atom is -0.497 e. The predicted octanol–water partition coefficient (Wildman–Crippen LogP) is 4.97. The summed E-state index contributed by atoms with van der Waals surface area (Å²) in [7, 11) is 3.14. The van der Waals surface area contributed by atoms with Gasteiger partial charge < -0.3 is 24.3 Å². The Hall–Kier alpha value is -3.22. The number of carbonyl (C=O) groups excluding carboxylic acids is 2. The van der Waals surface area contributed by atoms with E-state index in [9.17, 15) is 9.59 Å². The van der Waals surface area contributed by atoms with Crippen molar-refractivity contribution >= 4 is 17.7 Å². The van der Waals surface area contributed by atoms with Crippen molar-refractivity contribution in [1.82, 2.24) is 0 Å². The van der Waals surface area contributed by atoms with Crippen molar-refractivity contribution < 1.29 is 28.5 Å². The number of carbonyl (C=O) groups is 2. The Kier molecular flexibility index (Phi) is 7.69. The van der Waals surface area contributed by atoms with E-state index in [2.05, 4.69) is 5.32 Å². The second kappa shape index (κ2) is 10.0. The molecule has 0 spiro atoms. The van der Waals surface area contributed by atoms with Gasteiger partial charge in [0.15, 0.2) is 0 Å². The fraction of sp³-hybridized carbons (Fsp3) is 0.391. The van der Waals surface area contributed by atoms with E-state index < -0.39 is 23.8 Å². The summed E-state index contributed by atoms with van der Waals surface area (Å²) in [6, 6.07) is 14.0. The molecule has 0 saturated heterocycles. The van der Waals surface area contributed by atoms with E-state index in [1.54, 1.807) is 90.4 Å². The molecule has 2 aromatic rings. The van der Waals surface area contributed by atoms with E-state index in [0.29, 0.717) is 22.7 Å². The van der Waals surface area contributed by atoms with Crippen LogP contribution in [0.15, 0.2) is 48.5 Å². The van der Waals surface area contributed by atoms with E-state index in [1.807, 2.05) is 0 Å². The molecule has 0 aliphatic carbocycles. The normalized spacial score (nSPS) is 13.0. The summed E-state index contributed by atoms with van der Waals surface area (Å²) in [5, 5.41) is 2.84. The van der Waals surface area contributed by atoms with Gasteiger partial charge in [0.1, 0.15) is 23.2 Å². The minimum atomic E-state index is -0.844. The molecule has 30 heavy (non-hydrogen) atoms. The van der Waals surface area contributed by atoms with Crippen LogP contribution in [0.3, 0.4) is 0 Å². The van der Waals surface area contributed by atoms with Crippen LogP contribution in [-0.4, -0.2) is 31.9 Å². The maximum atomic E-state index is 12.9. The molecule has 162 valence electrons. The quantitative estimate of drug-likeness (QED) is 0.643. The van der Waals surface area contributed by atoms with Crippen LogP contribution in [0.5, 0.6) is 11.5 Å². The van der Waals surface area contributed by atoms with E-state index in [1.165, 1.54) is 0 Å². The van der Waals surface area contributed by atoms with E-state index in [0.717, 1.165) is 0 Å². The lowest BCUT2D eigenvalue weighted by Gasteiger charge is -2.26. The Bertz CT molecular complexity index is 839. The number of nitrogens with one attached hydrogen (secondary N) is 1. The number of benzene rings is 2. The summed E-state index contributed by atoms with van der Waals surface area (Å²) in [5.41, 5.74) is 0.549. The molecular formula is C23H29NO6. The Morgan fingerprint density at radius 2 is 1.37 bits per heavy atom. The van der Waals surface area contributed by atoms with Gasteiger partial charge >= 0.3 is 6.16 Å². The van der Waals surface area contributed by atoms with Crippen molar-refractivity contribution in [3.63, 3.8) is 0 Å². The molecule has 0 aliphatic heterocycles. The molecule has 2 atom stereocenters. The van der Waals surface area contributed by atoms with Crippen molar-refractivity contribution in [2.45, 2.75) is 39.4 Å². The standard InChI is InChI=1S/C23H29NO6/c1-15(21(25)24-17-9-13-19(28-6)14-10-17)20(29-22(26)30-23(2,3)4)16-7-11-18(27-5)12-8-16/h7-15,20H,1-6H3,(H,24,25)/t15-,20+/m0/s1. The topological polar surface area (TPSA) is 83.1 Å². The second-order valence-electron chi connectivity index (χ2n) is 7.78. The number of methoxy groups -OCH3 is 2. The predicted molar refractivity (Wildman–Crippen MR) is 114 cm³/mol. The molecule has 0 unspecified atom stereocenters. The van der Waals surface area contributed by atoms with Crippen LogP contribution in [0.2, 0.25) is 0 Å². The fourth-order valence-corrected chi connectivity index (χ4v) is 2.70. The largest absolute Gasteiger partial charge is 0.509 e. The minimum absolute atomic E-state index is 0.301. The third-order valence-electron chi connectivity index (χ3n) is 4.28. The monoisotopic (exact) mass is 415 g/mol. The Morgan fingerprint density at radius 3 is 1.83 bits per heavy atom. The molecule has 1 amide bonds. The summed E-state index contributed by atoms with van der Waals surface area (Å²) >= 11 is 0. The molecule has 0 aromatic heterocycles. The highest BCUT2D eigenvalue weighted by Crippen LogP contribution is 2.30. The molecule has 7 nitrogen and oxygen atoms in total. The van der Waals surface area contributed by atoms with Crippen molar-refractivity contribution in [3.05, 3.63) is 54.1 Å². The number of anilines is 1. The Morgan fingerprint density at radius 1 is 0.867 bits per heavy atom. The second-order valence-corrected chi connectivity index (χ2v) is 7.78. The number of hydrogen-bond acceptors (Lipinski definition) is 6. The zero-order valence-electron chi connectivity index (χ0n) is 18.2. The van der Waals surface area contributed by atoms with Crippen molar-refractivity contribution in [2.24, 2.45) is 5.92 Å². The van der Waals surface area contributed by atoms with E-state index in [-0.39, 0.29) is 5.91 Å². The SMILES string of the molecule is COc1ccc(NC(=O)[C@@H](C)[C@@H](OC(=O)OC(C)(C)C)c2ccc(OC)cc2)cc1. The van der Waals surface area contributed by atoms with Gasteiger partial charge in [-0.15, -0.1) is 0 Å². The first-order valence-electron chi connectivity index (χ1n) is 9.61. The fourth-order valence-electron chi connectivity index (χ4n) is 2.70. The lowest BCUT2D eigenvalue weighted by atomic mass is 9.96. The average molecular weight is 415 g/mol. The molecule has 0 bridgehead atoms. The highest BCUT2D eigenvalue weighted by Gasteiger charge is 2.31. The van der Waals surface area contributed by atoms with Crippen LogP contribution in [0.1, 0.15) is 39.4 Å². The first-order valence-corrected chi connectivity index (χ1v) is 9.61. The number of amides is 1. The summed E-state index contributed by atoms with van der Waals surface area (Å²) in [5.74, 6) is 0.355. The van der Waals surface area contributed by atoms with E-state index >= 15 is 0 Å². The molecule has 0 radical (unpaired) electrons. The van der Waals surface area contributed by atoms with Crippen LogP contribution >= 0.6 is 0 Å². The van der Waals surface area contributed by atoms with Gasteiger partial charge in [0, 0.05) is 5.69 Å². The molecule has 1 N–H and O–H groups in total. The van der Waals surface area contributed by atoms with Gasteiger partial charge in [-0.05, 0) is 69.7 Å². The zero-order chi connectivity index (χ0) is 22.3. The summed E-state index contributed by atoms with van der Waals surface area (Å²) < 4.78 is 21.1. The number of rotatable bonds is 7. The molecule has 7 heteroatoms. The molecule has 0 saturated carbocycles. The summed E-state index contributed by atoms with van der Waals surface area (Å²) in [4.78, 5) is 25.2. The van der Waals surface area contributed by atoms with Gasteiger partial charge in [-0.2, -0.15) is 0 Å². The molecule has 0 heterocycles. The molecule has 2 rings (SSSR count). The lowest BCUT2D eigenvalue weighted by molar-refractivity contribution is -0.124. The lowest BCUT2D eigenvalue weighted by Crippen LogP contribution is -2.31. The van der Waals surface area contributed by atoms with E-state index in [4.69, 9.17) is 18.9 Å². The van der Waals surface area contributed by atoms with Gasteiger partial charge in [0.25, 0.3) is 0 Å². The number of hydrogen-bond donors (Lipinski definition) is 1.